The third-order valence-electron chi connectivity index (χ3n) is 4.75. The molecule has 2 heterocycles. The summed E-state index contributed by atoms with van der Waals surface area (Å²) in [6, 6.07) is 9.21. The first-order valence-electron chi connectivity index (χ1n) is 9.15. The van der Waals surface area contributed by atoms with Crippen LogP contribution < -0.4 is 4.74 Å². The topological polar surface area (TPSA) is 39.9 Å². The van der Waals surface area contributed by atoms with Crippen LogP contribution in [0.1, 0.15) is 22.8 Å². The highest BCUT2D eigenvalue weighted by molar-refractivity contribution is 6.22. The molecule has 0 N–H and O–H groups in total. The monoisotopic (exact) mass is 479 g/mol. The zero-order chi connectivity index (χ0) is 23.9. The lowest BCUT2D eigenvalue weighted by molar-refractivity contribution is -0.286. The molecule has 0 atom stereocenters. The smallest absolute Gasteiger partial charge is 0.390 e. The van der Waals surface area contributed by atoms with E-state index in [1.54, 1.807) is 0 Å². The van der Waals surface area contributed by atoms with Gasteiger partial charge in [0.2, 0.25) is 0 Å². The lowest BCUT2D eigenvalue weighted by Crippen LogP contribution is -2.50. The summed E-state index contributed by atoms with van der Waals surface area (Å²) >= 11 is 4.39. The first kappa shape index (κ1) is 23.8. The maximum absolute atomic E-state index is 15.3. The van der Waals surface area contributed by atoms with Gasteiger partial charge in [0.15, 0.2) is 0 Å². The van der Waals surface area contributed by atoms with Gasteiger partial charge in [-0.05, 0) is 60.5 Å². The first-order valence-corrected chi connectivity index (χ1v) is 9.53. The second kappa shape index (κ2) is 8.23. The average Bonchev–Trinajstić information content (AvgIpc) is 3.09. The maximum atomic E-state index is 15.3. The van der Waals surface area contributed by atoms with Crippen molar-refractivity contribution >= 4 is 23.1 Å². The van der Waals surface area contributed by atoms with E-state index in [4.69, 9.17) is 9.47 Å². The van der Waals surface area contributed by atoms with Gasteiger partial charge in [0.25, 0.3) is 0 Å². The van der Waals surface area contributed by atoms with Crippen LogP contribution in [-0.2, 0) is 10.7 Å². The Labute approximate surface area is 183 Å². The molecule has 0 bridgehead atoms. The van der Waals surface area contributed by atoms with E-state index in [-0.39, 0.29) is 17.7 Å². The highest BCUT2D eigenvalue weighted by Gasteiger charge is 2.73. The van der Waals surface area contributed by atoms with Crippen LogP contribution in [0.15, 0.2) is 48.7 Å². The Morgan fingerprint density at radius 3 is 2.19 bits per heavy atom. The number of carbonyl (C=O) groups is 1. The van der Waals surface area contributed by atoms with Gasteiger partial charge in [0.05, 0.1) is 36.1 Å². The minimum atomic E-state index is -6.05. The molecule has 3 rings (SSSR count). The van der Waals surface area contributed by atoms with Gasteiger partial charge >= 0.3 is 23.2 Å². The van der Waals surface area contributed by atoms with Crippen LogP contribution in [0.4, 0.5) is 26.3 Å². The van der Waals surface area contributed by atoms with E-state index in [0.717, 1.165) is 4.40 Å². The first-order chi connectivity index (χ1) is 14.9. The molecule has 0 fully saturated rings. The van der Waals surface area contributed by atoms with E-state index in [0.29, 0.717) is 5.75 Å². The summed E-state index contributed by atoms with van der Waals surface area (Å²) in [4.78, 5) is 12.6. The van der Waals surface area contributed by atoms with Crippen molar-refractivity contribution in [3.8, 4) is 17.0 Å². The van der Waals surface area contributed by atoms with Crippen molar-refractivity contribution in [1.29, 1.82) is 0 Å². The Balaban J connectivity index is 2.48. The van der Waals surface area contributed by atoms with Crippen molar-refractivity contribution in [1.82, 2.24) is 4.40 Å². The van der Waals surface area contributed by atoms with Gasteiger partial charge in [-0.1, -0.05) is 6.07 Å². The number of methoxy groups -OCH3 is 1. The number of esters is 1. The summed E-state index contributed by atoms with van der Waals surface area (Å²) in [6.45, 7) is 1.10. The molecule has 0 saturated heterocycles. The van der Waals surface area contributed by atoms with E-state index in [1.165, 1.54) is 62.7 Å². The number of rotatable bonds is 7. The van der Waals surface area contributed by atoms with E-state index >= 15 is 8.78 Å². The van der Waals surface area contributed by atoms with Crippen molar-refractivity contribution in [3.63, 3.8) is 0 Å². The van der Waals surface area contributed by atoms with Crippen LogP contribution in [0, 0.1) is 0 Å². The summed E-state index contributed by atoms with van der Waals surface area (Å²) in [5.74, 6) is -12.7. The van der Waals surface area contributed by atoms with E-state index < -0.39 is 40.0 Å². The van der Waals surface area contributed by atoms with Crippen molar-refractivity contribution < 1.29 is 40.6 Å². The Morgan fingerprint density at radius 1 is 1.03 bits per heavy atom. The molecule has 11 heteroatoms. The summed E-state index contributed by atoms with van der Waals surface area (Å²) in [6.07, 6.45) is 1.23. The van der Waals surface area contributed by atoms with Crippen LogP contribution in [0.25, 0.3) is 16.8 Å². The number of alkyl halides is 7. The van der Waals surface area contributed by atoms with Crippen molar-refractivity contribution in [2.45, 2.75) is 24.2 Å². The Bertz CT molecular complexity index is 1140. The highest BCUT2D eigenvalue weighted by Crippen LogP contribution is 2.56. The van der Waals surface area contributed by atoms with Gasteiger partial charge in [-0.2, -0.15) is 26.3 Å². The third-order valence-corrected chi connectivity index (χ3v) is 4.99. The quantitative estimate of drug-likeness (QED) is 0.225. The molecule has 0 saturated carbocycles. The zero-order valence-electron chi connectivity index (χ0n) is 16.6. The lowest BCUT2D eigenvalue weighted by atomic mass is 9.94. The second-order valence-electron chi connectivity index (χ2n) is 6.65. The molecular formula is C21H16ClF6NO3. The third kappa shape index (κ3) is 3.66. The molecule has 2 aromatic heterocycles. The summed E-state index contributed by atoms with van der Waals surface area (Å²) in [5.41, 5.74) is -3.50. The van der Waals surface area contributed by atoms with Crippen LogP contribution in [0.2, 0.25) is 0 Å². The van der Waals surface area contributed by atoms with Gasteiger partial charge in [-0.3, -0.25) is 0 Å². The number of fused-ring (bicyclic) bond motifs is 1. The van der Waals surface area contributed by atoms with Gasteiger partial charge in [0.1, 0.15) is 5.75 Å². The molecule has 3 aromatic rings. The molecule has 32 heavy (non-hydrogen) atoms. The highest BCUT2D eigenvalue weighted by atomic mass is 35.5. The number of halogens is 7. The Hall–Kier alpha value is -2.88. The summed E-state index contributed by atoms with van der Waals surface area (Å²) < 4.78 is 96.9. The van der Waals surface area contributed by atoms with Crippen LogP contribution in [0.3, 0.4) is 0 Å². The van der Waals surface area contributed by atoms with Crippen molar-refractivity contribution in [3.05, 3.63) is 59.8 Å². The zero-order valence-corrected chi connectivity index (χ0v) is 17.4. The number of benzene rings is 1. The van der Waals surface area contributed by atoms with Crippen molar-refractivity contribution in [2.75, 3.05) is 13.7 Å². The second-order valence-corrected chi connectivity index (χ2v) is 7.12. The molecular weight excluding hydrogens is 464 g/mol. The molecule has 0 aliphatic rings. The predicted octanol–water partition coefficient (Wildman–Crippen LogP) is 6.35. The molecule has 0 aliphatic heterocycles. The van der Waals surface area contributed by atoms with Crippen molar-refractivity contribution in [2.24, 2.45) is 0 Å². The SMILES string of the molecule is CCOC(=O)c1c(C(F)(F)C(F)(F)C(F)(F)Cl)c(-c2ccc(OC)cc2)n2ccccc12. The number of aromatic nitrogens is 1. The minimum absolute atomic E-state index is 0.0640. The molecule has 1 aromatic carbocycles. The largest absolute Gasteiger partial charge is 0.497 e. The minimum Gasteiger partial charge on any atom is -0.497 e. The van der Waals surface area contributed by atoms with Crippen LogP contribution in [0.5, 0.6) is 5.75 Å². The standard InChI is InChI=1S/C21H16ClF6NO3/c1-3-32-18(30)15-14-6-4-5-11-29(14)17(12-7-9-13(31-2)10-8-12)16(15)19(23,24)20(25,26)21(22,27)28/h4-11H,3H2,1-2H3. The molecule has 0 amide bonds. The molecule has 0 unspecified atom stereocenters. The lowest BCUT2D eigenvalue weighted by Gasteiger charge is -2.30. The predicted molar refractivity (Wildman–Crippen MR) is 105 cm³/mol. The molecule has 0 aliphatic carbocycles. The maximum Gasteiger partial charge on any atom is 0.390 e. The van der Waals surface area contributed by atoms with Gasteiger partial charge in [0, 0.05) is 6.20 Å². The number of carbonyl (C=O) groups excluding carboxylic acids is 1. The van der Waals surface area contributed by atoms with E-state index in [9.17, 15) is 22.4 Å². The summed E-state index contributed by atoms with van der Waals surface area (Å²) in [5, 5.41) is -5.62. The molecule has 0 radical (unpaired) electrons. The summed E-state index contributed by atoms with van der Waals surface area (Å²) in [7, 11) is 1.35. The van der Waals surface area contributed by atoms with Gasteiger partial charge < -0.3 is 13.9 Å². The normalized spacial score (nSPS) is 12.8. The Kier molecular flexibility index (Phi) is 6.12. The van der Waals surface area contributed by atoms with E-state index in [1.807, 2.05) is 0 Å². The van der Waals surface area contributed by atoms with Gasteiger partial charge in [-0.25, -0.2) is 4.79 Å². The fraction of sp³-hybridized carbons (Fsp3) is 0.286. The van der Waals surface area contributed by atoms with E-state index in [2.05, 4.69) is 11.6 Å². The Morgan fingerprint density at radius 2 is 1.66 bits per heavy atom. The molecule has 4 nitrogen and oxygen atoms in total. The molecule has 0 spiro atoms. The number of ether oxygens (including phenoxy) is 2. The number of hydrogen-bond acceptors (Lipinski definition) is 3. The average molecular weight is 480 g/mol. The van der Waals surface area contributed by atoms with Crippen LogP contribution in [-0.4, -0.2) is 35.4 Å². The van der Waals surface area contributed by atoms with Crippen LogP contribution >= 0.6 is 11.6 Å². The fourth-order valence-corrected chi connectivity index (χ4v) is 3.41. The fourth-order valence-electron chi connectivity index (χ4n) is 3.29. The number of hydrogen-bond donors (Lipinski definition) is 0. The number of pyridine rings is 1. The number of nitrogens with zero attached hydrogens (tertiary/aromatic N) is 1. The molecule has 172 valence electrons. The van der Waals surface area contributed by atoms with Gasteiger partial charge in [-0.15, -0.1) is 0 Å².